The van der Waals surface area contributed by atoms with Crippen LogP contribution in [0.1, 0.15) is 26.2 Å². The van der Waals surface area contributed by atoms with Gasteiger partial charge in [-0.3, -0.25) is 5.10 Å². The average molecular weight is 310 g/mol. The third-order valence-electron chi connectivity index (χ3n) is 2.55. The molecule has 10 heteroatoms. The van der Waals surface area contributed by atoms with E-state index in [1.165, 1.54) is 6.33 Å². The molecule has 21 heavy (non-hydrogen) atoms. The summed E-state index contributed by atoms with van der Waals surface area (Å²) in [6, 6.07) is -0.348. The van der Waals surface area contributed by atoms with Crippen LogP contribution in [0.3, 0.4) is 0 Å². The number of nitrogens with one attached hydrogen (secondary N) is 3. The fourth-order valence-electron chi connectivity index (χ4n) is 1.59. The molecule has 0 saturated heterocycles. The van der Waals surface area contributed by atoms with E-state index in [0.29, 0.717) is 29.5 Å². The van der Waals surface area contributed by atoms with Crippen molar-refractivity contribution in [3.05, 3.63) is 27.7 Å². The van der Waals surface area contributed by atoms with Gasteiger partial charge in [-0.15, -0.1) is 11.3 Å². The Bertz CT molecular complexity index is 624. The monoisotopic (exact) mass is 310 g/mol. The van der Waals surface area contributed by atoms with E-state index in [4.69, 9.17) is 5.11 Å². The van der Waals surface area contributed by atoms with Crippen LogP contribution in [-0.4, -0.2) is 43.8 Å². The van der Waals surface area contributed by atoms with Gasteiger partial charge in [-0.1, -0.05) is 0 Å². The van der Waals surface area contributed by atoms with Crippen LogP contribution in [0, 0.1) is 6.92 Å². The van der Waals surface area contributed by atoms with E-state index < -0.39 is 5.97 Å². The fourth-order valence-corrected chi connectivity index (χ4v) is 2.43. The highest BCUT2D eigenvalue weighted by Gasteiger charge is 2.14. The highest BCUT2D eigenvalue weighted by Crippen LogP contribution is 2.17. The summed E-state index contributed by atoms with van der Waals surface area (Å²) in [5.74, 6) is -0.315. The zero-order valence-corrected chi connectivity index (χ0v) is 12.0. The van der Waals surface area contributed by atoms with Gasteiger partial charge in [0.2, 0.25) is 0 Å². The third kappa shape index (κ3) is 4.24. The van der Waals surface area contributed by atoms with E-state index in [-0.39, 0.29) is 17.5 Å². The van der Waals surface area contributed by atoms with Gasteiger partial charge >= 0.3 is 12.0 Å². The minimum atomic E-state index is -1.01. The molecule has 2 heterocycles. The molecule has 2 amide bonds. The van der Waals surface area contributed by atoms with E-state index in [1.807, 2.05) is 0 Å². The van der Waals surface area contributed by atoms with Crippen molar-refractivity contribution < 1.29 is 14.7 Å². The van der Waals surface area contributed by atoms with Gasteiger partial charge in [-0.25, -0.2) is 19.6 Å². The first-order chi connectivity index (χ1) is 10.1. The van der Waals surface area contributed by atoms with E-state index >= 15 is 0 Å². The Labute approximate surface area is 123 Å². The first kappa shape index (κ1) is 14.9. The minimum Gasteiger partial charge on any atom is -0.477 e. The van der Waals surface area contributed by atoms with Crippen LogP contribution in [0.2, 0.25) is 0 Å². The summed E-state index contributed by atoms with van der Waals surface area (Å²) in [7, 11) is 0. The van der Waals surface area contributed by atoms with Crippen molar-refractivity contribution in [1.82, 2.24) is 30.8 Å². The number of aromatic carboxylic acids is 1. The minimum absolute atomic E-state index is 0.187. The number of rotatable bonds is 6. The normalized spacial score (nSPS) is 10.3. The number of hydrogen-bond acceptors (Lipinski definition) is 6. The number of hydrogen-bond donors (Lipinski definition) is 4. The zero-order chi connectivity index (χ0) is 15.2. The standard InChI is InChI=1S/C11H14N6O3S/c1-6-9(10(18)19)21-8(16-6)4-13-11(20)12-3-2-7-14-5-15-17-7/h5H,2-4H2,1H3,(H,18,19)(H2,12,13,20)(H,14,15,17). The van der Waals surface area contributed by atoms with Crippen LogP contribution in [0.25, 0.3) is 0 Å². The quantitative estimate of drug-likeness (QED) is 0.607. The number of carboxylic acid groups (broad SMARTS) is 1. The van der Waals surface area contributed by atoms with E-state index in [0.717, 1.165) is 11.3 Å². The summed E-state index contributed by atoms with van der Waals surface area (Å²) in [5, 5.41) is 21.1. The number of thiazole rings is 1. The van der Waals surface area contributed by atoms with Gasteiger partial charge in [0.15, 0.2) is 0 Å². The molecular weight excluding hydrogens is 296 g/mol. The fraction of sp³-hybridized carbons (Fsp3) is 0.364. The molecule has 0 aliphatic carbocycles. The summed E-state index contributed by atoms with van der Waals surface area (Å²) < 4.78 is 0. The maximum atomic E-state index is 11.6. The Balaban J connectivity index is 1.73. The first-order valence-electron chi connectivity index (χ1n) is 6.12. The number of carboxylic acids is 1. The van der Waals surface area contributed by atoms with Gasteiger partial charge in [-0.05, 0) is 6.92 Å². The largest absolute Gasteiger partial charge is 0.477 e. The summed E-state index contributed by atoms with van der Waals surface area (Å²) in [6.45, 7) is 2.23. The van der Waals surface area contributed by atoms with Crippen LogP contribution >= 0.6 is 11.3 Å². The Hall–Kier alpha value is -2.49. The second kappa shape index (κ2) is 6.79. The van der Waals surface area contributed by atoms with Gasteiger partial charge < -0.3 is 15.7 Å². The summed E-state index contributed by atoms with van der Waals surface area (Å²) in [5.41, 5.74) is 0.454. The number of H-pyrrole nitrogens is 1. The second-order valence-corrected chi connectivity index (χ2v) is 5.20. The van der Waals surface area contributed by atoms with Crippen molar-refractivity contribution in [1.29, 1.82) is 0 Å². The maximum Gasteiger partial charge on any atom is 0.347 e. The summed E-state index contributed by atoms with van der Waals surface area (Å²) in [6.07, 6.45) is 1.95. The smallest absolute Gasteiger partial charge is 0.347 e. The van der Waals surface area contributed by atoms with Gasteiger partial charge in [-0.2, -0.15) is 5.10 Å². The van der Waals surface area contributed by atoms with Crippen LogP contribution < -0.4 is 10.6 Å². The molecule has 0 aliphatic heterocycles. The molecule has 4 N–H and O–H groups in total. The predicted octanol–water partition coefficient (Wildman–Crippen LogP) is 0.310. The lowest BCUT2D eigenvalue weighted by molar-refractivity contribution is 0.0701. The van der Waals surface area contributed by atoms with Crippen molar-refractivity contribution in [2.24, 2.45) is 0 Å². The molecule has 0 aliphatic rings. The first-order valence-corrected chi connectivity index (χ1v) is 6.93. The lowest BCUT2D eigenvalue weighted by Gasteiger charge is -2.04. The molecule has 2 rings (SSSR count). The molecule has 0 spiro atoms. The molecule has 0 aromatic carbocycles. The van der Waals surface area contributed by atoms with E-state index in [2.05, 4.69) is 30.8 Å². The molecule has 112 valence electrons. The maximum absolute atomic E-state index is 11.6. The Morgan fingerprint density at radius 3 is 2.86 bits per heavy atom. The molecule has 0 radical (unpaired) electrons. The predicted molar refractivity (Wildman–Crippen MR) is 74.1 cm³/mol. The number of urea groups is 1. The van der Waals surface area contributed by atoms with Gasteiger partial charge in [0.1, 0.15) is 22.0 Å². The van der Waals surface area contributed by atoms with Gasteiger partial charge in [0, 0.05) is 13.0 Å². The highest BCUT2D eigenvalue weighted by molar-refractivity contribution is 7.13. The molecule has 0 bridgehead atoms. The van der Waals surface area contributed by atoms with Crippen molar-refractivity contribution >= 4 is 23.3 Å². The average Bonchev–Trinajstić information content (AvgIpc) is 3.06. The molecule has 2 aromatic rings. The summed E-state index contributed by atoms with van der Waals surface area (Å²) in [4.78, 5) is 30.7. The van der Waals surface area contributed by atoms with Crippen molar-refractivity contribution in [3.8, 4) is 0 Å². The number of amides is 2. The third-order valence-corrected chi connectivity index (χ3v) is 3.69. The van der Waals surface area contributed by atoms with Gasteiger partial charge in [0.25, 0.3) is 0 Å². The second-order valence-electron chi connectivity index (χ2n) is 4.12. The molecular formula is C11H14N6O3S. The lowest BCUT2D eigenvalue weighted by atomic mass is 10.4. The topological polar surface area (TPSA) is 133 Å². The number of aromatic amines is 1. The number of aryl methyl sites for hydroxylation is 1. The lowest BCUT2D eigenvalue weighted by Crippen LogP contribution is -2.36. The van der Waals surface area contributed by atoms with Crippen molar-refractivity contribution in [2.75, 3.05) is 6.54 Å². The molecule has 9 nitrogen and oxygen atoms in total. The van der Waals surface area contributed by atoms with E-state index in [9.17, 15) is 9.59 Å². The van der Waals surface area contributed by atoms with Crippen LogP contribution in [0.4, 0.5) is 4.79 Å². The number of carbonyl (C=O) groups excluding carboxylic acids is 1. The molecule has 0 unspecified atom stereocenters. The van der Waals surface area contributed by atoms with Crippen LogP contribution in [-0.2, 0) is 13.0 Å². The molecule has 0 saturated carbocycles. The van der Waals surface area contributed by atoms with Crippen molar-refractivity contribution in [3.63, 3.8) is 0 Å². The molecule has 0 fully saturated rings. The van der Waals surface area contributed by atoms with Crippen LogP contribution in [0.15, 0.2) is 6.33 Å². The number of aromatic nitrogens is 4. The van der Waals surface area contributed by atoms with Gasteiger partial charge in [0.05, 0.1) is 12.2 Å². The SMILES string of the molecule is Cc1nc(CNC(=O)NCCc2ncn[nH]2)sc1C(=O)O. The highest BCUT2D eigenvalue weighted by atomic mass is 32.1. The Morgan fingerprint density at radius 1 is 1.43 bits per heavy atom. The van der Waals surface area contributed by atoms with E-state index in [1.54, 1.807) is 6.92 Å². The van der Waals surface area contributed by atoms with Crippen molar-refractivity contribution in [2.45, 2.75) is 19.9 Å². The Kier molecular flexibility index (Phi) is 4.82. The molecule has 2 aromatic heterocycles. The number of nitrogens with zero attached hydrogens (tertiary/aromatic N) is 3. The van der Waals surface area contributed by atoms with Crippen LogP contribution in [0.5, 0.6) is 0 Å². The zero-order valence-electron chi connectivity index (χ0n) is 11.2. The molecule has 0 atom stereocenters. The summed E-state index contributed by atoms with van der Waals surface area (Å²) >= 11 is 1.06. The number of carbonyl (C=O) groups is 2. The Morgan fingerprint density at radius 2 is 2.24 bits per heavy atom.